The lowest BCUT2D eigenvalue weighted by molar-refractivity contribution is -0.118. The molecular weight excluding hydrogens is 126 g/mol. The molecule has 0 fully saturated rings. The maximum atomic E-state index is 10.7. The molecule has 0 radical (unpaired) electrons. The number of rotatable bonds is 4. The van der Waals surface area contributed by atoms with Crippen molar-refractivity contribution in [3.63, 3.8) is 0 Å². The molecule has 0 spiro atoms. The predicted octanol–water partition coefficient (Wildman–Crippen LogP) is 1.35. The number of carbonyl (C=O) groups is 1. The van der Waals surface area contributed by atoms with Crippen LogP contribution in [-0.4, -0.2) is 17.9 Å². The Morgan fingerprint density at radius 3 is 2.30 bits per heavy atom. The van der Waals surface area contributed by atoms with E-state index in [4.69, 9.17) is 0 Å². The van der Waals surface area contributed by atoms with Crippen LogP contribution in [0.4, 0.5) is 0 Å². The number of nitrogens with one attached hydrogen (secondary N) is 1. The first kappa shape index (κ1) is 9.63. The van der Waals surface area contributed by atoms with Gasteiger partial charge in [0.05, 0.1) is 6.04 Å². The van der Waals surface area contributed by atoms with E-state index in [-0.39, 0.29) is 11.8 Å². The molecule has 1 N–H and O–H groups in total. The van der Waals surface area contributed by atoms with Gasteiger partial charge >= 0.3 is 0 Å². The molecule has 0 aromatic carbocycles. The minimum absolute atomic E-state index is 0.00921. The molecule has 2 unspecified atom stereocenters. The Morgan fingerprint density at radius 2 is 2.00 bits per heavy atom. The van der Waals surface area contributed by atoms with E-state index in [1.54, 1.807) is 6.92 Å². The standard InChI is InChI=1S/C8H17NO/c1-5-6(2)9-7(3)8(4)10/h6-7,9H,5H2,1-4H3. The van der Waals surface area contributed by atoms with Crippen molar-refractivity contribution in [2.45, 2.75) is 46.2 Å². The second kappa shape index (κ2) is 4.45. The van der Waals surface area contributed by atoms with E-state index in [2.05, 4.69) is 19.2 Å². The first-order valence-corrected chi connectivity index (χ1v) is 3.84. The summed E-state index contributed by atoms with van der Waals surface area (Å²) >= 11 is 0. The Labute approximate surface area is 63.0 Å². The summed E-state index contributed by atoms with van der Waals surface area (Å²) in [4.78, 5) is 10.7. The van der Waals surface area contributed by atoms with Crippen molar-refractivity contribution in [1.29, 1.82) is 0 Å². The van der Waals surface area contributed by atoms with Gasteiger partial charge in [-0.1, -0.05) is 6.92 Å². The van der Waals surface area contributed by atoms with E-state index >= 15 is 0 Å². The molecule has 0 bridgehead atoms. The van der Waals surface area contributed by atoms with Gasteiger partial charge in [-0.15, -0.1) is 0 Å². The predicted molar refractivity (Wildman–Crippen MR) is 43.0 cm³/mol. The van der Waals surface area contributed by atoms with E-state index in [1.807, 2.05) is 6.92 Å². The second-order valence-electron chi connectivity index (χ2n) is 2.81. The molecule has 2 atom stereocenters. The van der Waals surface area contributed by atoms with Gasteiger partial charge < -0.3 is 5.32 Å². The van der Waals surface area contributed by atoms with Crippen molar-refractivity contribution < 1.29 is 4.79 Å². The second-order valence-corrected chi connectivity index (χ2v) is 2.81. The smallest absolute Gasteiger partial charge is 0.146 e. The molecule has 60 valence electrons. The monoisotopic (exact) mass is 143 g/mol. The molecule has 2 nitrogen and oxygen atoms in total. The van der Waals surface area contributed by atoms with Crippen LogP contribution < -0.4 is 5.32 Å². The summed E-state index contributed by atoms with van der Waals surface area (Å²) in [7, 11) is 0. The lowest BCUT2D eigenvalue weighted by Gasteiger charge is -2.15. The maximum Gasteiger partial charge on any atom is 0.146 e. The Bertz CT molecular complexity index is 112. The van der Waals surface area contributed by atoms with Crippen LogP contribution in [0, 0.1) is 0 Å². The fourth-order valence-corrected chi connectivity index (χ4v) is 0.662. The van der Waals surface area contributed by atoms with Crippen LogP contribution in [-0.2, 0) is 4.79 Å². The van der Waals surface area contributed by atoms with Gasteiger partial charge in [0.25, 0.3) is 0 Å². The molecule has 10 heavy (non-hydrogen) atoms. The van der Waals surface area contributed by atoms with Crippen LogP contribution in [0.5, 0.6) is 0 Å². The normalized spacial score (nSPS) is 16.4. The first-order chi connectivity index (χ1) is 4.57. The Hall–Kier alpha value is -0.370. The summed E-state index contributed by atoms with van der Waals surface area (Å²) in [5.41, 5.74) is 0. The summed E-state index contributed by atoms with van der Waals surface area (Å²) in [6.07, 6.45) is 1.07. The van der Waals surface area contributed by atoms with Crippen LogP contribution in [0.25, 0.3) is 0 Å². The van der Waals surface area contributed by atoms with Crippen LogP contribution in [0.3, 0.4) is 0 Å². The highest BCUT2D eigenvalue weighted by atomic mass is 16.1. The van der Waals surface area contributed by atoms with Crippen molar-refractivity contribution in [2.24, 2.45) is 0 Å². The maximum absolute atomic E-state index is 10.7. The first-order valence-electron chi connectivity index (χ1n) is 3.84. The van der Waals surface area contributed by atoms with E-state index in [1.165, 1.54) is 0 Å². The third kappa shape index (κ3) is 3.62. The quantitative estimate of drug-likeness (QED) is 0.643. The number of ketones is 1. The molecule has 0 heterocycles. The molecule has 2 heteroatoms. The van der Waals surface area contributed by atoms with E-state index in [0.29, 0.717) is 6.04 Å². The van der Waals surface area contributed by atoms with Gasteiger partial charge in [0, 0.05) is 6.04 Å². The molecule has 0 saturated carbocycles. The van der Waals surface area contributed by atoms with Crippen LogP contribution in [0.15, 0.2) is 0 Å². The molecule has 0 rings (SSSR count). The molecule has 0 aliphatic carbocycles. The Balaban J connectivity index is 3.56. The largest absolute Gasteiger partial charge is 0.305 e. The fraction of sp³-hybridized carbons (Fsp3) is 0.875. The summed E-state index contributed by atoms with van der Waals surface area (Å²) < 4.78 is 0. The number of hydrogen-bond acceptors (Lipinski definition) is 2. The molecule has 0 aliphatic heterocycles. The average Bonchev–Trinajstić information content (AvgIpc) is 1.87. The summed E-state index contributed by atoms with van der Waals surface area (Å²) in [5, 5.41) is 3.18. The molecular formula is C8H17NO. The zero-order chi connectivity index (χ0) is 8.15. The summed E-state index contributed by atoms with van der Waals surface area (Å²) in [5.74, 6) is 0.209. The average molecular weight is 143 g/mol. The highest BCUT2D eigenvalue weighted by Gasteiger charge is 2.08. The number of Topliss-reactive ketones (excluding diaryl/α,β-unsaturated/α-hetero) is 1. The number of carbonyl (C=O) groups excluding carboxylic acids is 1. The van der Waals surface area contributed by atoms with Crippen molar-refractivity contribution in [2.75, 3.05) is 0 Å². The van der Waals surface area contributed by atoms with Gasteiger partial charge in [-0.2, -0.15) is 0 Å². The van der Waals surface area contributed by atoms with E-state index < -0.39 is 0 Å². The molecule has 0 aliphatic rings. The van der Waals surface area contributed by atoms with Gasteiger partial charge in [0.15, 0.2) is 0 Å². The van der Waals surface area contributed by atoms with Gasteiger partial charge in [-0.3, -0.25) is 4.79 Å². The molecule has 0 amide bonds. The van der Waals surface area contributed by atoms with Gasteiger partial charge in [0.1, 0.15) is 5.78 Å². The van der Waals surface area contributed by atoms with Crippen LogP contribution >= 0.6 is 0 Å². The number of hydrogen-bond donors (Lipinski definition) is 1. The van der Waals surface area contributed by atoms with Crippen LogP contribution in [0.2, 0.25) is 0 Å². The minimum atomic E-state index is 0.00921. The van der Waals surface area contributed by atoms with E-state index in [9.17, 15) is 4.79 Å². The van der Waals surface area contributed by atoms with Crippen molar-refractivity contribution in [3.05, 3.63) is 0 Å². The topological polar surface area (TPSA) is 29.1 Å². The molecule has 0 aromatic rings. The third-order valence-corrected chi connectivity index (χ3v) is 1.76. The van der Waals surface area contributed by atoms with Gasteiger partial charge in [-0.25, -0.2) is 0 Å². The zero-order valence-electron chi connectivity index (χ0n) is 7.27. The molecule has 0 saturated heterocycles. The highest BCUT2D eigenvalue weighted by molar-refractivity contribution is 5.80. The lowest BCUT2D eigenvalue weighted by Crippen LogP contribution is -2.38. The Morgan fingerprint density at radius 1 is 1.50 bits per heavy atom. The van der Waals surface area contributed by atoms with Gasteiger partial charge in [-0.05, 0) is 27.2 Å². The highest BCUT2D eigenvalue weighted by Crippen LogP contribution is 1.91. The summed E-state index contributed by atoms with van der Waals surface area (Å²) in [6.45, 7) is 7.69. The van der Waals surface area contributed by atoms with Crippen molar-refractivity contribution in [3.8, 4) is 0 Å². The van der Waals surface area contributed by atoms with Gasteiger partial charge in [0.2, 0.25) is 0 Å². The zero-order valence-corrected chi connectivity index (χ0v) is 7.27. The van der Waals surface area contributed by atoms with Crippen molar-refractivity contribution >= 4 is 5.78 Å². The molecule has 0 aromatic heterocycles. The fourth-order valence-electron chi connectivity index (χ4n) is 0.662. The van der Waals surface area contributed by atoms with Crippen molar-refractivity contribution in [1.82, 2.24) is 5.32 Å². The van der Waals surface area contributed by atoms with Crippen LogP contribution in [0.1, 0.15) is 34.1 Å². The Kier molecular flexibility index (Phi) is 4.28. The summed E-state index contributed by atoms with van der Waals surface area (Å²) in [6, 6.07) is 0.453. The lowest BCUT2D eigenvalue weighted by atomic mass is 10.2. The third-order valence-electron chi connectivity index (χ3n) is 1.76. The van der Waals surface area contributed by atoms with E-state index in [0.717, 1.165) is 6.42 Å². The SMILES string of the molecule is CCC(C)NC(C)C(C)=O. The minimum Gasteiger partial charge on any atom is -0.305 e.